The van der Waals surface area contributed by atoms with Crippen LogP contribution in [0.1, 0.15) is 24.7 Å². The largest absolute Gasteiger partial charge is 0.483 e. The summed E-state index contributed by atoms with van der Waals surface area (Å²) in [5.74, 6) is 0.748. The predicted octanol–water partition coefficient (Wildman–Crippen LogP) is 5.77. The van der Waals surface area contributed by atoms with Gasteiger partial charge in [0.15, 0.2) is 6.61 Å². The number of anilines is 1. The molecule has 1 amide bonds. The van der Waals surface area contributed by atoms with Crippen LogP contribution in [0.3, 0.4) is 0 Å². The number of rotatable bonds is 8. The first-order valence-electron chi connectivity index (χ1n) is 11.0. The number of carbonyl (C=O) groups excluding carboxylic acids is 1. The molecule has 4 rings (SSSR count). The molecule has 35 heavy (non-hydrogen) atoms. The van der Waals surface area contributed by atoms with Crippen molar-refractivity contribution in [3.8, 4) is 5.75 Å². The Morgan fingerprint density at radius 2 is 1.83 bits per heavy atom. The fourth-order valence-corrected chi connectivity index (χ4v) is 4.17. The third-order valence-corrected chi connectivity index (χ3v) is 6.04. The molecule has 0 aliphatic carbocycles. The van der Waals surface area contributed by atoms with E-state index < -0.39 is 0 Å². The molecule has 0 bridgehead atoms. The summed E-state index contributed by atoms with van der Waals surface area (Å²) in [5.41, 5.74) is 1.67. The van der Waals surface area contributed by atoms with Crippen molar-refractivity contribution in [1.82, 2.24) is 9.66 Å². The Kier molecular flexibility index (Phi) is 8.09. The van der Waals surface area contributed by atoms with Gasteiger partial charge in [0.05, 0.1) is 17.1 Å². The molecule has 0 aliphatic heterocycles. The van der Waals surface area contributed by atoms with Crippen LogP contribution in [0, 0.1) is 0 Å². The van der Waals surface area contributed by atoms with Gasteiger partial charge in [0.2, 0.25) is 0 Å². The number of para-hydroxylation sites is 1. The number of carbonyl (C=O) groups is 1. The number of nitrogens with one attached hydrogen (secondary N) is 1. The Labute approximate surface area is 219 Å². The van der Waals surface area contributed by atoms with E-state index in [9.17, 15) is 9.59 Å². The summed E-state index contributed by atoms with van der Waals surface area (Å²) in [6.45, 7) is 1.84. The topological polar surface area (TPSA) is 85.6 Å². The molecule has 0 unspecified atom stereocenters. The molecule has 0 aliphatic rings. The molecule has 0 saturated heterocycles. The molecular weight excluding hydrogens is 576 g/mol. The minimum Gasteiger partial charge on any atom is -0.483 e. The molecule has 0 radical (unpaired) electrons. The molecule has 1 heterocycles. The van der Waals surface area contributed by atoms with Gasteiger partial charge in [-0.3, -0.25) is 9.59 Å². The lowest BCUT2D eigenvalue weighted by atomic mass is 10.2. The van der Waals surface area contributed by atoms with Gasteiger partial charge in [-0.25, -0.2) is 4.98 Å². The van der Waals surface area contributed by atoms with Crippen LogP contribution in [0.4, 0.5) is 5.69 Å². The van der Waals surface area contributed by atoms with E-state index in [0.717, 1.165) is 15.4 Å². The number of amides is 1. The fourth-order valence-electron chi connectivity index (χ4n) is 3.43. The molecule has 178 valence electrons. The van der Waals surface area contributed by atoms with Crippen molar-refractivity contribution in [2.75, 3.05) is 11.9 Å². The smallest absolute Gasteiger partial charge is 0.282 e. The standard InChI is InChI=1S/C26H22Br2N4O3/c1-2-6-24-31-22-11-9-19(28)14-21(22)26(34)32(24)29-15-17-13-18(27)10-12-23(17)35-16-25(33)30-20-7-4-3-5-8-20/h3-5,7-15H,2,6,16H2,1H3,(H,30,33). The summed E-state index contributed by atoms with van der Waals surface area (Å²) in [4.78, 5) is 30.2. The molecule has 9 heteroatoms. The van der Waals surface area contributed by atoms with Gasteiger partial charge in [-0.1, -0.05) is 57.0 Å². The van der Waals surface area contributed by atoms with Gasteiger partial charge in [-0.15, -0.1) is 0 Å². The van der Waals surface area contributed by atoms with Crippen molar-refractivity contribution in [2.24, 2.45) is 5.10 Å². The summed E-state index contributed by atoms with van der Waals surface area (Å²) < 4.78 is 8.70. The van der Waals surface area contributed by atoms with Crippen molar-refractivity contribution >= 4 is 60.6 Å². The number of hydrogen-bond acceptors (Lipinski definition) is 5. The number of aromatic nitrogens is 2. The Morgan fingerprint density at radius 1 is 1.09 bits per heavy atom. The number of fused-ring (bicyclic) bond motifs is 1. The summed E-state index contributed by atoms with van der Waals surface area (Å²) in [6, 6.07) is 19.9. The van der Waals surface area contributed by atoms with Crippen molar-refractivity contribution in [1.29, 1.82) is 0 Å². The summed E-state index contributed by atoms with van der Waals surface area (Å²) in [5, 5.41) is 7.73. The quantitative estimate of drug-likeness (QED) is 0.261. The number of aryl methyl sites for hydroxylation is 1. The van der Waals surface area contributed by atoms with Crippen LogP contribution in [-0.2, 0) is 11.2 Å². The average molecular weight is 598 g/mol. The zero-order valence-electron chi connectivity index (χ0n) is 18.9. The number of ether oxygens (including phenoxy) is 1. The zero-order chi connectivity index (χ0) is 24.8. The van der Waals surface area contributed by atoms with E-state index in [1.807, 2.05) is 49.4 Å². The lowest BCUT2D eigenvalue weighted by molar-refractivity contribution is -0.118. The van der Waals surface area contributed by atoms with Gasteiger partial charge in [0.25, 0.3) is 11.5 Å². The van der Waals surface area contributed by atoms with Crippen LogP contribution >= 0.6 is 31.9 Å². The highest BCUT2D eigenvalue weighted by Crippen LogP contribution is 2.22. The first-order chi connectivity index (χ1) is 16.9. The minimum atomic E-state index is -0.284. The third-order valence-electron chi connectivity index (χ3n) is 5.05. The van der Waals surface area contributed by atoms with Gasteiger partial charge >= 0.3 is 0 Å². The van der Waals surface area contributed by atoms with Crippen LogP contribution in [0.15, 0.2) is 85.6 Å². The fraction of sp³-hybridized carbons (Fsp3) is 0.154. The maximum absolute atomic E-state index is 13.2. The van der Waals surface area contributed by atoms with E-state index in [-0.39, 0.29) is 18.1 Å². The van der Waals surface area contributed by atoms with Crippen molar-refractivity contribution in [3.05, 3.63) is 97.4 Å². The maximum atomic E-state index is 13.2. The second-order valence-corrected chi connectivity index (χ2v) is 9.52. The zero-order valence-corrected chi connectivity index (χ0v) is 22.0. The molecule has 1 N–H and O–H groups in total. The van der Waals surface area contributed by atoms with Crippen LogP contribution in [0.2, 0.25) is 0 Å². The second kappa shape index (κ2) is 11.4. The molecule has 7 nitrogen and oxygen atoms in total. The average Bonchev–Trinajstić information content (AvgIpc) is 2.84. The molecule has 0 saturated carbocycles. The van der Waals surface area contributed by atoms with Gasteiger partial charge in [0, 0.05) is 26.6 Å². The van der Waals surface area contributed by atoms with E-state index in [2.05, 4.69) is 47.3 Å². The molecular formula is C26H22Br2N4O3. The van der Waals surface area contributed by atoms with Crippen LogP contribution < -0.4 is 15.6 Å². The van der Waals surface area contributed by atoms with Gasteiger partial charge in [-0.05, 0) is 55.0 Å². The monoisotopic (exact) mass is 596 g/mol. The Balaban J connectivity index is 1.62. The summed E-state index contributed by atoms with van der Waals surface area (Å²) in [6.07, 6.45) is 2.95. The lowest BCUT2D eigenvalue weighted by Crippen LogP contribution is -2.22. The number of hydrogen-bond donors (Lipinski definition) is 1. The normalized spacial score (nSPS) is 11.2. The highest BCUT2D eigenvalue weighted by atomic mass is 79.9. The summed E-state index contributed by atoms with van der Waals surface area (Å²) in [7, 11) is 0. The number of nitrogens with zero attached hydrogens (tertiary/aromatic N) is 3. The minimum absolute atomic E-state index is 0.177. The van der Waals surface area contributed by atoms with Crippen molar-refractivity contribution in [3.63, 3.8) is 0 Å². The van der Waals surface area contributed by atoms with Crippen molar-refractivity contribution < 1.29 is 9.53 Å². The van der Waals surface area contributed by atoms with E-state index in [1.54, 1.807) is 30.5 Å². The molecule has 1 aromatic heterocycles. The van der Waals surface area contributed by atoms with Gasteiger partial charge in [0.1, 0.15) is 11.6 Å². The molecule has 3 aromatic carbocycles. The van der Waals surface area contributed by atoms with Crippen LogP contribution in [0.25, 0.3) is 10.9 Å². The van der Waals surface area contributed by atoms with E-state index in [0.29, 0.717) is 40.1 Å². The number of benzene rings is 3. The van der Waals surface area contributed by atoms with Crippen LogP contribution in [0.5, 0.6) is 5.75 Å². The lowest BCUT2D eigenvalue weighted by Gasteiger charge is -2.11. The molecule has 0 atom stereocenters. The maximum Gasteiger partial charge on any atom is 0.282 e. The molecule has 4 aromatic rings. The number of halogens is 2. The first kappa shape index (κ1) is 24.8. The Hall–Kier alpha value is -3.30. The SMILES string of the molecule is CCCc1nc2ccc(Br)cc2c(=O)n1N=Cc1cc(Br)ccc1OCC(=O)Nc1ccccc1. The molecule has 0 fully saturated rings. The van der Waals surface area contributed by atoms with E-state index >= 15 is 0 Å². The Bertz CT molecular complexity index is 1450. The molecule has 0 spiro atoms. The second-order valence-electron chi connectivity index (χ2n) is 7.69. The highest BCUT2D eigenvalue weighted by Gasteiger charge is 2.12. The van der Waals surface area contributed by atoms with E-state index in [4.69, 9.17) is 4.74 Å². The summed E-state index contributed by atoms with van der Waals surface area (Å²) >= 11 is 6.87. The van der Waals surface area contributed by atoms with Gasteiger partial charge in [-0.2, -0.15) is 9.78 Å². The van der Waals surface area contributed by atoms with Crippen molar-refractivity contribution in [2.45, 2.75) is 19.8 Å². The van der Waals surface area contributed by atoms with Gasteiger partial charge < -0.3 is 10.1 Å². The van der Waals surface area contributed by atoms with E-state index in [1.165, 1.54) is 4.68 Å². The third kappa shape index (κ3) is 6.23. The first-order valence-corrected chi connectivity index (χ1v) is 12.6. The predicted molar refractivity (Wildman–Crippen MR) is 145 cm³/mol. The van der Waals surface area contributed by atoms with Crippen LogP contribution in [-0.4, -0.2) is 28.4 Å². The Morgan fingerprint density at radius 3 is 2.60 bits per heavy atom. The highest BCUT2D eigenvalue weighted by molar-refractivity contribution is 9.10.